The summed E-state index contributed by atoms with van der Waals surface area (Å²) in [4.78, 5) is 11.9. The van der Waals surface area contributed by atoms with Gasteiger partial charge in [0.25, 0.3) is 0 Å². The number of aryl methyl sites for hydroxylation is 2. The second kappa shape index (κ2) is 6.79. The van der Waals surface area contributed by atoms with Gasteiger partial charge in [-0.15, -0.1) is 0 Å². The summed E-state index contributed by atoms with van der Waals surface area (Å²) in [6.45, 7) is 1.12. The first-order valence-electron chi connectivity index (χ1n) is 8.22. The standard InChI is InChI=1S/C16H25N3O3/c1-19-13(7-10-18-19)5-6-15(20)17-11-14-12-21-16(22-14)8-3-2-4-9-16/h7,10,14H,2-6,8-9,11-12H2,1H3,(H,17,20)/t14-/m1/s1. The molecule has 1 amide bonds. The van der Waals surface area contributed by atoms with Gasteiger partial charge in [-0.2, -0.15) is 5.10 Å². The van der Waals surface area contributed by atoms with E-state index >= 15 is 0 Å². The van der Waals surface area contributed by atoms with Crippen molar-refractivity contribution in [3.05, 3.63) is 18.0 Å². The fraction of sp³-hybridized carbons (Fsp3) is 0.750. The summed E-state index contributed by atoms with van der Waals surface area (Å²) in [7, 11) is 1.89. The van der Waals surface area contributed by atoms with Gasteiger partial charge in [0.05, 0.1) is 6.61 Å². The molecule has 2 fully saturated rings. The van der Waals surface area contributed by atoms with Gasteiger partial charge in [0.1, 0.15) is 6.10 Å². The molecule has 6 heteroatoms. The molecule has 1 N–H and O–H groups in total. The molecule has 122 valence electrons. The number of nitrogens with one attached hydrogen (secondary N) is 1. The molecule has 1 saturated carbocycles. The maximum atomic E-state index is 11.9. The van der Waals surface area contributed by atoms with Crippen molar-refractivity contribution < 1.29 is 14.3 Å². The predicted molar refractivity (Wildman–Crippen MR) is 81.2 cm³/mol. The summed E-state index contributed by atoms with van der Waals surface area (Å²) >= 11 is 0. The van der Waals surface area contributed by atoms with Crippen molar-refractivity contribution >= 4 is 5.91 Å². The lowest BCUT2D eigenvalue weighted by Crippen LogP contribution is -2.37. The Labute approximate surface area is 131 Å². The summed E-state index contributed by atoms with van der Waals surface area (Å²) in [6.07, 6.45) is 8.49. The zero-order valence-electron chi connectivity index (χ0n) is 13.2. The number of aromatic nitrogens is 2. The molecule has 2 heterocycles. The quantitative estimate of drug-likeness (QED) is 0.896. The number of amides is 1. The highest BCUT2D eigenvalue weighted by Gasteiger charge is 2.42. The van der Waals surface area contributed by atoms with Crippen LogP contribution in [-0.2, 0) is 27.7 Å². The molecule has 2 aliphatic rings. The molecule has 1 aromatic heterocycles. The van der Waals surface area contributed by atoms with Crippen LogP contribution in [0, 0.1) is 0 Å². The van der Waals surface area contributed by atoms with E-state index in [1.54, 1.807) is 10.9 Å². The topological polar surface area (TPSA) is 65.4 Å². The Bertz CT molecular complexity index is 508. The number of nitrogens with zero attached hydrogens (tertiary/aromatic N) is 2. The van der Waals surface area contributed by atoms with Crippen molar-refractivity contribution in [1.82, 2.24) is 15.1 Å². The first-order chi connectivity index (χ1) is 10.7. The lowest BCUT2D eigenvalue weighted by Gasteiger charge is -2.31. The van der Waals surface area contributed by atoms with Gasteiger partial charge in [0, 0.05) is 44.7 Å². The average Bonchev–Trinajstić information content (AvgIpc) is 3.11. The molecule has 1 aliphatic heterocycles. The molecule has 0 aromatic carbocycles. The summed E-state index contributed by atoms with van der Waals surface area (Å²) in [6, 6.07) is 1.94. The fourth-order valence-corrected chi connectivity index (χ4v) is 3.27. The zero-order valence-corrected chi connectivity index (χ0v) is 13.2. The number of ether oxygens (including phenoxy) is 2. The number of rotatable bonds is 5. The van der Waals surface area contributed by atoms with Crippen molar-refractivity contribution in [1.29, 1.82) is 0 Å². The van der Waals surface area contributed by atoms with Gasteiger partial charge in [-0.05, 0) is 25.3 Å². The molecule has 6 nitrogen and oxygen atoms in total. The third kappa shape index (κ3) is 3.67. The van der Waals surface area contributed by atoms with E-state index in [2.05, 4.69) is 10.4 Å². The van der Waals surface area contributed by atoms with Gasteiger partial charge >= 0.3 is 0 Å². The lowest BCUT2D eigenvalue weighted by molar-refractivity contribution is -0.186. The molecule has 0 unspecified atom stereocenters. The molecule has 1 aliphatic carbocycles. The Kier molecular flexibility index (Phi) is 4.78. The van der Waals surface area contributed by atoms with Crippen molar-refractivity contribution in [2.45, 2.75) is 56.8 Å². The van der Waals surface area contributed by atoms with E-state index in [0.29, 0.717) is 26.0 Å². The van der Waals surface area contributed by atoms with E-state index in [4.69, 9.17) is 9.47 Å². The fourth-order valence-electron chi connectivity index (χ4n) is 3.27. The molecule has 1 aromatic rings. The van der Waals surface area contributed by atoms with Crippen LogP contribution in [0.4, 0.5) is 0 Å². The van der Waals surface area contributed by atoms with Crippen LogP contribution in [0.15, 0.2) is 12.3 Å². The van der Waals surface area contributed by atoms with Crippen molar-refractivity contribution in [3.63, 3.8) is 0 Å². The largest absolute Gasteiger partial charge is 0.353 e. The van der Waals surface area contributed by atoms with Gasteiger partial charge in [-0.3, -0.25) is 9.48 Å². The van der Waals surface area contributed by atoms with E-state index < -0.39 is 0 Å². The van der Waals surface area contributed by atoms with Gasteiger partial charge < -0.3 is 14.8 Å². The first kappa shape index (κ1) is 15.5. The van der Waals surface area contributed by atoms with Crippen LogP contribution < -0.4 is 5.32 Å². The smallest absolute Gasteiger partial charge is 0.220 e. The molecule has 0 radical (unpaired) electrons. The molecule has 0 bridgehead atoms. The number of carbonyl (C=O) groups is 1. The molecule has 3 rings (SSSR count). The third-order valence-corrected chi connectivity index (χ3v) is 4.59. The Balaban J connectivity index is 1.37. The molecular weight excluding hydrogens is 282 g/mol. The van der Waals surface area contributed by atoms with E-state index in [-0.39, 0.29) is 17.8 Å². The maximum absolute atomic E-state index is 11.9. The minimum Gasteiger partial charge on any atom is -0.353 e. The highest BCUT2D eigenvalue weighted by Crippen LogP contribution is 2.37. The minimum absolute atomic E-state index is 0.0150. The zero-order chi connectivity index (χ0) is 15.4. The van der Waals surface area contributed by atoms with Gasteiger partial charge in [-0.25, -0.2) is 0 Å². The molecule has 22 heavy (non-hydrogen) atoms. The monoisotopic (exact) mass is 307 g/mol. The van der Waals surface area contributed by atoms with Crippen LogP contribution >= 0.6 is 0 Å². The molecule has 1 saturated heterocycles. The van der Waals surface area contributed by atoms with Crippen molar-refractivity contribution in [3.8, 4) is 0 Å². The number of carbonyl (C=O) groups excluding carboxylic acids is 1. The SMILES string of the molecule is Cn1nccc1CCC(=O)NC[C@@H]1COC2(CCCCC2)O1. The van der Waals surface area contributed by atoms with Crippen LogP contribution in [-0.4, -0.2) is 40.7 Å². The minimum atomic E-state index is -0.359. The van der Waals surface area contributed by atoms with E-state index in [1.165, 1.54) is 19.3 Å². The second-order valence-corrected chi connectivity index (χ2v) is 6.27. The van der Waals surface area contributed by atoms with Gasteiger partial charge in [-0.1, -0.05) is 6.42 Å². The van der Waals surface area contributed by atoms with E-state index in [9.17, 15) is 4.79 Å². The highest BCUT2D eigenvalue weighted by molar-refractivity contribution is 5.76. The second-order valence-electron chi connectivity index (χ2n) is 6.27. The van der Waals surface area contributed by atoms with Crippen LogP contribution in [0.5, 0.6) is 0 Å². The Hall–Kier alpha value is -1.40. The van der Waals surface area contributed by atoms with Crippen molar-refractivity contribution in [2.24, 2.45) is 7.05 Å². The first-order valence-corrected chi connectivity index (χ1v) is 8.22. The summed E-state index contributed by atoms with van der Waals surface area (Å²) in [5, 5.41) is 7.06. The van der Waals surface area contributed by atoms with E-state index in [1.807, 2.05) is 13.1 Å². The molecular formula is C16H25N3O3. The van der Waals surface area contributed by atoms with Crippen LogP contribution in [0.1, 0.15) is 44.2 Å². The van der Waals surface area contributed by atoms with Crippen molar-refractivity contribution in [2.75, 3.05) is 13.2 Å². The van der Waals surface area contributed by atoms with Crippen LogP contribution in [0.25, 0.3) is 0 Å². The lowest BCUT2D eigenvalue weighted by atomic mass is 9.94. The number of hydrogen-bond acceptors (Lipinski definition) is 4. The predicted octanol–water partition coefficient (Wildman–Crippen LogP) is 1.54. The molecule has 1 atom stereocenters. The van der Waals surface area contributed by atoms with Gasteiger partial charge in [0.2, 0.25) is 5.91 Å². The van der Waals surface area contributed by atoms with E-state index in [0.717, 1.165) is 18.5 Å². The summed E-state index contributed by atoms with van der Waals surface area (Å²) < 4.78 is 13.7. The molecule has 1 spiro atoms. The highest BCUT2D eigenvalue weighted by atomic mass is 16.7. The van der Waals surface area contributed by atoms with Gasteiger partial charge in [0.15, 0.2) is 5.79 Å². The Morgan fingerprint density at radius 3 is 3.00 bits per heavy atom. The summed E-state index contributed by atoms with van der Waals surface area (Å²) in [5.74, 6) is -0.308. The van der Waals surface area contributed by atoms with Crippen LogP contribution in [0.2, 0.25) is 0 Å². The Morgan fingerprint density at radius 1 is 1.45 bits per heavy atom. The Morgan fingerprint density at radius 2 is 2.27 bits per heavy atom. The average molecular weight is 307 g/mol. The third-order valence-electron chi connectivity index (χ3n) is 4.59. The number of hydrogen-bond donors (Lipinski definition) is 1. The summed E-state index contributed by atoms with van der Waals surface area (Å²) in [5.41, 5.74) is 1.07. The van der Waals surface area contributed by atoms with Crippen LogP contribution in [0.3, 0.4) is 0 Å². The normalized spacial score (nSPS) is 23.8. The maximum Gasteiger partial charge on any atom is 0.220 e.